The number of aromatic amines is 1. The molecule has 2 aromatic rings. The SMILES string of the molecule is COc1c(C(C)(C)F)ccc(C)c1-c1cc(C(=O)O)[nH]n1. The van der Waals surface area contributed by atoms with Gasteiger partial charge in [0.2, 0.25) is 0 Å². The normalized spacial score (nSPS) is 11.5. The number of aromatic carboxylic acids is 1. The highest BCUT2D eigenvalue weighted by atomic mass is 19.1. The Morgan fingerprint density at radius 2 is 2.10 bits per heavy atom. The van der Waals surface area contributed by atoms with Crippen LogP contribution in [0.4, 0.5) is 4.39 Å². The Labute approximate surface area is 121 Å². The summed E-state index contributed by atoms with van der Waals surface area (Å²) in [7, 11) is 1.46. The van der Waals surface area contributed by atoms with Gasteiger partial charge in [-0.3, -0.25) is 5.10 Å². The van der Waals surface area contributed by atoms with Crippen LogP contribution in [0, 0.1) is 6.92 Å². The number of nitrogens with zero attached hydrogens (tertiary/aromatic N) is 1. The molecule has 0 saturated carbocycles. The van der Waals surface area contributed by atoms with Gasteiger partial charge >= 0.3 is 5.97 Å². The molecule has 0 saturated heterocycles. The molecule has 112 valence electrons. The third kappa shape index (κ3) is 2.74. The van der Waals surface area contributed by atoms with E-state index in [9.17, 15) is 9.18 Å². The second-order valence-electron chi connectivity index (χ2n) is 5.28. The fourth-order valence-corrected chi connectivity index (χ4v) is 2.24. The lowest BCUT2D eigenvalue weighted by Gasteiger charge is -2.21. The first-order chi connectivity index (χ1) is 9.75. The van der Waals surface area contributed by atoms with Crippen LogP contribution in [-0.2, 0) is 5.67 Å². The van der Waals surface area contributed by atoms with Crippen LogP contribution in [0.5, 0.6) is 5.75 Å². The maximum atomic E-state index is 14.3. The van der Waals surface area contributed by atoms with Gasteiger partial charge in [0.15, 0.2) is 0 Å². The second-order valence-corrected chi connectivity index (χ2v) is 5.28. The summed E-state index contributed by atoms with van der Waals surface area (Å²) < 4.78 is 19.7. The van der Waals surface area contributed by atoms with Crippen LogP contribution < -0.4 is 4.74 Å². The van der Waals surface area contributed by atoms with Gasteiger partial charge in [0, 0.05) is 11.1 Å². The number of aromatic nitrogens is 2. The molecule has 0 aliphatic heterocycles. The Bertz CT molecular complexity index is 687. The number of carboxylic acids is 1. The third-order valence-electron chi connectivity index (χ3n) is 3.28. The van der Waals surface area contributed by atoms with Crippen molar-refractivity contribution >= 4 is 5.97 Å². The van der Waals surface area contributed by atoms with Gasteiger partial charge in [0.05, 0.1) is 12.8 Å². The van der Waals surface area contributed by atoms with Crippen molar-refractivity contribution in [1.29, 1.82) is 0 Å². The predicted molar refractivity (Wildman–Crippen MR) is 76.4 cm³/mol. The summed E-state index contributed by atoms with van der Waals surface area (Å²) in [6, 6.07) is 4.84. The molecule has 1 aromatic heterocycles. The fourth-order valence-electron chi connectivity index (χ4n) is 2.24. The molecule has 2 N–H and O–H groups in total. The number of carboxylic acid groups (broad SMARTS) is 1. The number of aryl methyl sites for hydroxylation is 1. The monoisotopic (exact) mass is 292 g/mol. The minimum Gasteiger partial charge on any atom is -0.496 e. The fraction of sp³-hybridized carbons (Fsp3) is 0.333. The quantitative estimate of drug-likeness (QED) is 0.906. The molecule has 21 heavy (non-hydrogen) atoms. The Kier molecular flexibility index (Phi) is 3.72. The van der Waals surface area contributed by atoms with Crippen molar-refractivity contribution in [2.45, 2.75) is 26.4 Å². The number of H-pyrrole nitrogens is 1. The highest BCUT2D eigenvalue weighted by Gasteiger charge is 2.27. The van der Waals surface area contributed by atoms with E-state index in [2.05, 4.69) is 10.2 Å². The lowest BCUT2D eigenvalue weighted by Crippen LogP contribution is -2.12. The van der Waals surface area contributed by atoms with E-state index in [1.54, 1.807) is 12.1 Å². The number of halogens is 1. The van der Waals surface area contributed by atoms with Gasteiger partial charge < -0.3 is 9.84 Å². The first kappa shape index (κ1) is 15.0. The van der Waals surface area contributed by atoms with Crippen molar-refractivity contribution in [2.75, 3.05) is 7.11 Å². The number of benzene rings is 1. The Morgan fingerprint density at radius 3 is 2.57 bits per heavy atom. The van der Waals surface area contributed by atoms with Gasteiger partial charge in [-0.2, -0.15) is 5.10 Å². The molecule has 0 radical (unpaired) electrons. The Balaban J connectivity index is 2.69. The predicted octanol–water partition coefficient (Wildman–Crippen LogP) is 3.30. The zero-order valence-corrected chi connectivity index (χ0v) is 12.3. The Morgan fingerprint density at radius 1 is 1.43 bits per heavy atom. The van der Waals surface area contributed by atoms with Crippen molar-refractivity contribution in [3.8, 4) is 17.0 Å². The van der Waals surface area contributed by atoms with Gasteiger partial charge in [-0.15, -0.1) is 0 Å². The van der Waals surface area contributed by atoms with E-state index < -0.39 is 11.6 Å². The zero-order chi connectivity index (χ0) is 15.8. The van der Waals surface area contributed by atoms with Crippen LogP contribution in [0.15, 0.2) is 18.2 Å². The minimum atomic E-state index is -1.58. The number of rotatable bonds is 4. The molecule has 6 heteroatoms. The van der Waals surface area contributed by atoms with Gasteiger partial charge in [0.25, 0.3) is 0 Å². The van der Waals surface area contributed by atoms with Crippen molar-refractivity contribution < 1.29 is 19.0 Å². The highest BCUT2D eigenvalue weighted by Crippen LogP contribution is 2.41. The smallest absolute Gasteiger partial charge is 0.353 e. The number of hydrogen-bond acceptors (Lipinski definition) is 3. The molecule has 0 spiro atoms. The van der Waals surface area contributed by atoms with E-state index in [-0.39, 0.29) is 5.69 Å². The average Bonchev–Trinajstić information content (AvgIpc) is 2.86. The molecule has 0 aliphatic rings. The maximum absolute atomic E-state index is 14.3. The molecule has 0 unspecified atom stereocenters. The summed E-state index contributed by atoms with van der Waals surface area (Å²) in [5.74, 6) is -0.738. The van der Waals surface area contributed by atoms with E-state index in [1.165, 1.54) is 27.0 Å². The van der Waals surface area contributed by atoms with E-state index in [0.29, 0.717) is 22.6 Å². The van der Waals surface area contributed by atoms with Crippen LogP contribution in [0.25, 0.3) is 11.3 Å². The number of alkyl halides is 1. The van der Waals surface area contributed by atoms with E-state index in [1.807, 2.05) is 6.92 Å². The van der Waals surface area contributed by atoms with Crippen molar-refractivity contribution in [1.82, 2.24) is 10.2 Å². The summed E-state index contributed by atoms with van der Waals surface area (Å²) in [6.45, 7) is 4.72. The lowest BCUT2D eigenvalue weighted by atomic mass is 9.92. The van der Waals surface area contributed by atoms with Gasteiger partial charge in [-0.05, 0) is 32.4 Å². The van der Waals surface area contributed by atoms with Crippen LogP contribution in [-0.4, -0.2) is 28.4 Å². The molecule has 0 fully saturated rings. The van der Waals surface area contributed by atoms with Gasteiger partial charge in [-0.25, -0.2) is 9.18 Å². The summed E-state index contributed by atoms with van der Waals surface area (Å²) in [6.07, 6.45) is 0. The van der Waals surface area contributed by atoms with E-state index in [0.717, 1.165) is 5.56 Å². The minimum absolute atomic E-state index is 0.0311. The standard InChI is InChI=1S/C15H17FN2O3/c1-8-5-6-9(15(2,3)16)13(21-4)12(8)10-7-11(14(19)20)18-17-10/h5-7H,1-4H3,(H,17,18)(H,19,20). The molecular weight excluding hydrogens is 275 g/mol. The van der Waals surface area contributed by atoms with Gasteiger partial charge in [-0.1, -0.05) is 12.1 Å². The molecule has 0 atom stereocenters. The number of nitrogens with one attached hydrogen (secondary N) is 1. The molecule has 0 aliphatic carbocycles. The van der Waals surface area contributed by atoms with E-state index in [4.69, 9.17) is 9.84 Å². The number of ether oxygens (including phenoxy) is 1. The van der Waals surface area contributed by atoms with Crippen LogP contribution in [0.1, 0.15) is 35.5 Å². The zero-order valence-electron chi connectivity index (χ0n) is 12.3. The largest absolute Gasteiger partial charge is 0.496 e. The van der Waals surface area contributed by atoms with Crippen LogP contribution in [0.3, 0.4) is 0 Å². The van der Waals surface area contributed by atoms with Crippen LogP contribution in [0.2, 0.25) is 0 Å². The average molecular weight is 292 g/mol. The summed E-state index contributed by atoms with van der Waals surface area (Å²) >= 11 is 0. The first-order valence-corrected chi connectivity index (χ1v) is 6.41. The molecule has 2 rings (SSSR count). The van der Waals surface area contributed by atoms with E-state index >= 15 is 0 Å². The van der Waals surface area contributed by atoms with Crippen molar-refractivity contribution in [3.63, 3.8) is 0 Å². The molecule has 1 aromatic carbocycles. The lowest BCUT2D eigenvalue weighted by molar-refractivity contribution is 0.0690. The van der Waals surface area contributed by atoms with Gasteiger partial charge in [0.1, 0.15) is 17.1 Å². The summed E-state index contributed by atoms with van der Waals surface area (Å²) in [5, 5.41) is 15.4. The molecular formula is C15H17FN2O3. The van der Waals surface area contributed by atoms with Crippen molar-refractivity contribution in [2.24, 2.45) is 0 Å². The number of methoxy groups -OCH3 is 1. The Hall–Kier alpha value is -2.37. The topological polar surface area (TPSA) is 75.2 Å². The highest BCUT2D eigenvalue weighted by molar-refractivity contribution is 5.87. The second kappa shape index (κ2) is 5.20. The maximum Gasteiger partial charge on any atom is 0.353 e. The summed E-state index contributed by atoms with van der Waals surface area (Å²) in [5.41, 5.74) is 0.599. The molecule has 1 heterocycles. The van der Waals surface area contributed by atoms with Crippen LogP contribution >= 0.6 is 0 Å². The third-order valence-corrected chi connectivity index (χ3v) is 3.28. The molecule has 0 amide bonds. The number of carbonyl (C=O) groups is 1. The molecule has 5 nitrogen and oxygen atoms in total. The molecule has 0 bridgehead atoms. The number of hydrogen-bond donors (Lipinski definition) is 2. The van der Waals surface area contributed by atoms with Crippen molar-refractivity contribution in [3.05, 3.63) is 35.0 Å². The first-order valence-electron chi connectivity index (χ1n) is 6.41. The summed E-state index contributed by atoms with van der Waals surface area (Å²) in [4.78, 5) is 10.9.